The van der Waals surface area contributed by atoms with E-state index in [9.17, 15) is 18.0 Å². The molecule has 5 rings (SSSR count). The van der Waals surface area contributed by atoms with Gasteiger partial charge in [0.25, 0.3) is 5.56 Å². The molecule has 0 saturated heterocycles. The Balaban J connectivity index is 1.60. The van der Waals surface area contributed by atoms with Gasteiger partial charge in [0.05, 0.1) is 51.2 Å². The summed E-state index contributed by atoms with van der Waals surface area (Å²) in [6.45, 7) is 0.228. The number of para-hydroxylation sites is 1. The van der Waals surface area contributed by atoms with Gasteiger partial charge in [0, 0.05) is 13.0 Å². The van der Waals surface area contributed by atoms with Crippen LogP contribution in [0, 0.1) is 11.3 Å². The van der Waals surface area contributed by atoms with Gasteiger partial charge in [-0.2, -0.15) is 5.26 Å². The van der Waals surface area contributed by atoms with Gasteiger partial charge in [-0.3, -0.25) is 14.1 Å². The van der Waals surface area contributed by atoms with Crippen molar-refractivity contribution in [1.29, 1.82) is 5.26 Å². The summed E-state index contributed by atoms with van der Waals surface area (Å²) in [5, 5.41) is 9.47. The van der Waals surface area contributed by atoms with E-state index in [0.29, 0.717) is 34.2 Å². The number of H-pyrrole nitrogens is 1. The molecular weight excluding hydrogens is 480 g/mol. The molecule has 0 aliphatic rings. The summed E-state index contributed by atoms with van der Waals surface area (Å²) >= 11 is 0. The minimum Gasteiger partial charge on any atom is -0.342 e. The number of aromatic nitrogens is 4. The summed E-state index contributed by atoms with van der Waals surface area (Å²) in [6, 6.07) is 20.2. The molecule has 2 heterocycles. The van der Waals surface area contributed by atoms with Crippen molar-refractivity contribution in [2.45, 2.75) is 13.0 Å². The Morgan fingerprint density at radius 1 is 1.06 bits per heavy atom. The van der Waals surface area contributed by atoms with Crippen LogP contribution in [-0.2, 0) is 23.0 Å². The number of sulfonamides is 1. The molecule has 0 radical (unpaired) electrons. The second-order valence-corrected chi connectivity index (χ2v) is 10.0. The third kappa shape index (κ3) is 4.37. The van der Waals surface area contributed by atoms with E-state index < -0.39 is 21.3 Å². The summed E-state index contributed by atoms with van der Waals surface area (Å²) in [4.78, 5) is 34.6. The second-order valence-electron chi connectivity index (χ2n) is 8.29. The van der Waals surface area contributed by atoms with Gasteiger partial charge in [-0.1, -0.05) is 18.2 Å². The number of nitrogens with zero attached hydrogens (tertiary/aromatic N) is 4. The van der Waals surface area contributed by atoms with Gasteiger partial charge in [0.15, 0.2) is 0 Å². The van der Waals surface area contributed by atoms with Crippen LogP contribution in [0.2, 0.25) is 0 Å². The first-order valence-electron chi connectivity index (χ1n) is 10.9. The molecular formula is C25H20N6O4S. The molecule has 36 heavy (non-hydrogen) atoms. The zero-order valence-corrected chi connectivity index (χ0v) is 19.9. The molecule has 10 nitrogen and oxygen atoms in total. The molecule has 0 amide bonds. The normalized spacial score (nSPS) is 11.6. The van der Waals surface area contributed by atoms with Gasteiger partial charge in [-0.25, -0.2) is 22.8 Å². The van der Waals surface area contributed by atoms with E-state index in [1.165, 1.54) is 16.7 Å². The van der Waals surface area contributed by atoms with Crippen molar-refractivity contribution in [3.63, 3.8) is 0 Å². The molecule has 2 N–H and O–H groups in total. The Morgan fingerprint density at radius 3 is 2.64 bits per heavy atom. The van der Waals surface area contributed by atoms with E-state index in [4.69, 9.17) is 5.26 Å². The molecule has 180 valence electrons. The molecule has 0 spiro atoms. The van der Waals surface area contributed by atoms with E-state index in [0.717, 1.165) is 16.3 Å². The highest BCUT2D eigenvalue weighted by Crippen LogP contribution is 2.17. The van der Waals surface area contributed by atoms with Gasteiger partial charge in [-0.15, -0.1) is 0 Å². The maximum absolute atomic E-state index is 13.6. The number of anilines is 1. The van der Waals surface area contributed by atoms with Crippen LogP contribution in [0.3, 0.4) is 0 Å². The Bertz CT molecular complexity index is 1910. The number of rotatable bonds is 6. The molecule has 0 atom stereocenters. The zero-order chi connectivity index (χ0) is 25.4. The average molecular weight is 501 g/mol. The number of fused-ring (bicyclic) bond motifs is 2. The van der Waals surface area contributed by atoms with Gasteiger partial charge in [0.2, 0.25) is 10.0 Å². The summed E-state index contributed by atoms with van der Waals surface area (Å²) in [6.07, 6.45) is 1.39. The largest absolute Gasteiger partial charge is 0.342 e. The van der Waals surface area contributed by atoms with Crippen LogP contribution < -0.4 is 16.0 Å². The SMILES string of the molecule is CS(=O)(=O)Nc1cccc(-n2c(=O)c3ccccc3n(CCc3nc4ccc(C#N)cc4[nH]3)c2=O)c1. The van der Waals surface area contributed by atoms with Crippen LogP contribution in [0.4, 0.5) is 5.69 Å². The Kier molecular flexibility index (Phi) is 5.66. The molecule has 0 aliphatic heterocycles. The highest BCUT2D eigenvalue weighted by molar-refractivity contribution is 7.92. The zero-order valence-electron chi connectivity index (χ0n) is 19.1. The minimum atomic E-state index is -3.54. The van der Waals surface area contributed by atoms with Crippen LogP contribution in [-0.4, -0.2) is 33.8 Å². The number of hydrogen-bond donors (Lipinski definition) is 2. The second kappa shape index (κ2) is 8.83. The lowest BCUT2D eigenvalue weighted by Gasteiger charge is -2.14. The minimum absolute atomic E-state index is 0.228. The van der Waals surface area contributed by atoms with Gasteiger partial charge < -0.3 is 4.98 Å². The number of benzene rings is 3. The van der Waals surface area contributed by atoms with Crippen molar-refractivity contribution < 1.29 is 8.42 Å². The predicted molar refractivity (Wildman–Crippen MR) is 137 cm³/mol. The lowest BCUT2D eigenvalue weighted by Crippen LogP contribution is -2.39. The number of nitrogens with one attached hydrogen (secondary N) is 2. The lowest BCUT2D eigenvalue weighted by atomic mass is 10.2. The lowest BCUT2D eigenvalue weighted by molar-refractivity contribution is 0.607. The molecule has 0 bridgehead atoms. The molecule has 5 aromatic rings. The van der Waals surface area contributed by atoms with Crippen LogP contribution in [0.25, 0.3) is 27.6 Å². The fraction of sp³-hybridized carbons (Fsp3) is 0.120. The Hall–Kier alpha value is -4.69. The van der Waals surface area contributed by atoms with E-state index in [-0.39, 0.29) is 17.9 Å². The quantitative estimate of drug-likeness (QED) is 0.367. The molecule has 2 aromatic heterocycles. The maximum atomic E-state index is 13.6. The predicted octanol–water partition coefficient (Wildman–Crippen LogP) is 2.51. The van der Waals surface area contributed by atoms with Crippen molar-refractivity contribution in [3.05, 3.63) is 99.0 Å². The Labute approximate surface area is 205 Å². The third-order valence-electron chi connectivity index (χ3n) is 5.69. The summed E-state index contributed by atoms with van der Waals surface area (Å²) in [5.74, 6) is 0.633. The highest BCUT2D eigenvalue weighted by Gasteiger charge is 2.16. The third-order valence-corrected chi connectivity index (χ3v) is 6.30. The number of imidazole rings is 1. The fourth-order valence-electron chi connectivity index (χ4n) is 4.16. The van der Waals surface area contributed by atoms with E-state index in [1.807, 2.05) is 0 Å². The van der Waals surface area contributed by atoms with E-state index in [1.54, 1.807) is 54.6 Å². The smallest absolute Gasteiger partial charge is 0.336 e. The van der Waals surface area contributed by atoms with Gasteiger partial charge in [-0.05, 0) is 48.5 Å². The van der Waals surface area contributed by atoms with Crippen LogP contribution in [0.15, 0.2) is 76.3 Å². The topological polar surface area (TPSA) is 143 Å². The van der Waals surface area contributed by atoms with Crippen LogP contribution in [0.5, 0.6) is 0 Å². The summed E-state index contributed by atoms with van der Waals surface area (Å²) in [5.41, 5.74) is 1.85. The van der Waals surface area contributed by atoms with Crippen molar-refractivity contribution in [3.8, 4) is 11.8 Å². The standard InChI is InChI=1S/C25H20N6O4S/c1-36(34,35)29-17-5-4-6-18(14-17)31-24(32)19-7-2-3-8-22(19)30(25(31)33)12-11-23-27-20-10-9-16(15-26)13-21(20)28-23/h2-10,13-14,29H,11-12H2,1H3,(H,27,28). The van der Waals surface area contributed by atoms with Crippen LogP contribution >= 0.6 is 0 Å². The number of hydrogen-bond acceptors (Lipinski definition) is 6. The fourth-order valence-corrected chi connectivity index (χ4v) is 4.71. The van der Waals surface area contributed by atoms with Crippen molar-refractivity contribution in [1.82, 2.24) is 19.1 Å². The number of aryl methyl sites for hydroxylation is 2. The summed E-state index contributed by atoms with van der Waals surface area (Å²) in [7, 11) is -3.54. The maximum Gasteiger partial charge on any atom is 0.336 e. The average Bonchev–Trinajstić information content (AvgIpc) is 3.25. The number of nitriles is 1. The molecule has 0 saturated carbocycles. The van der Waals surface area contributed by atoms with E-state index >= 15 is 0 Å². The Morgan fingerprint density at radius 2 is 1.86 bits per heavy atom. The molecule has 3 aromatic carbocycles. The molecule has 0 fully saturated rings. The summed E-state index contributed by atoms with van der Waals surface area (Å²) < 4.78 is 28.2. The van der Waals surface area contributed by atoms with Crippen molar-refractivity contribution >= 4 is 37.6 Å². The van der Waals surface area contributed by atoms with Gasteiger partial charge >= 0.3 is 5.69 Å². The van der Waals surface area contributed by atoms with E-state index in [2.05, 4.69) is 20.8 Å². The van der Waals surface area contributed by atoms with Crippen molar-refractivity contribution in [2.75, 3.05) is 11.0 Å². The molecule has 11 heteroatoms. The first-order valence-corrected chi connectivity index (χ1v) is 12.8. The first kappa shape index (κ1) is 23.1. The van der Waals surface area contributed by atoms with Crippen molar-refractivity contribution in [2.24, 2.45) is 0 Å². The molecule has 0 aliphatic carbocycles. The van der Waals surface area contributed by atoms with Gasteiger partial charge in [0.1, 0.15) is 5.82 Å². The molecule has 0 unspecified atom stereocenters. The number of aromatic amines is 1. The first-order chi connectivity index (χ1) is 17.2. The van der Waals surface area contributed by atoms with Crippen LogP contribution in [0.1, 0.15) is 11.4 Å². The monoisotopic (exact) mass is 500 g/mol. The highest BCUT2D eigenvalue weighted by atomic mass is 32.2.